The Morgan fingerprint density at radius 3 is 1.06 bits per heavy atom. The van der Waals surface area contributed by atoms with Crippen LogP contribution >= 0.6 is 0 Å². The predicted molar refractivity (Wildman–Crippen MR) is 400 cm³/mol. The summed E-state index contributed by atoms with van der Waals surface area (Å²) in [4.78, 5) is 26.0. The summed E-state index contributed by atoms with van der Waals surface area (Å²) < 4.78 is 34.9. The minimum atomic E-state index is -2.15. The molecule has 0 fully saturated rings. The normalized spacial score (nSPS) is 11.1. The first-order valence-corrected chi connectivity index (χ1v) is 33.5. The van der Waals surface area contributed by atoms with Crippen molar-refractivity contribution in [3.8, 4) is 67.5 Å². The maximum absolute atomic E-state index is 7.35. The van der Waals surface area contributed by atoms with Crippen molar-refractivity contribution in [3.63, 3.8) is 0 Å². The highest BCUT2D eigenvalue weighted by molar-refractivity contribution is 5.67. The molecule has 0 saturated heterocycles. The fraction of sp³-hybridized carbons (Fsp3) is 0.302. The van der Waals surface area contributed by atoms with Crippen molar-refractivity contribution in [2.45, 2.75) is 138 Å². The van der Waals surface area contributed by atoms with E-state index in [0.717, 1.165) is 45.3 Å². The van der Waals surface area contributed by atoms with Gasteiger partial charge in [-0.1, -0.05) is 0 Å². The summed E-state index contributed by atoms with van der Waals surface area (Å²) in [5, 5.41) is 0. The molecule has 0 amide bonds. The third kappa shape index (κ3) is 18.9. The molecule has 0 aliphatic carbocycles. The summed E-state index contributed by atoms with van der Waals surface area (Å²) in [6, 6.07) is 33.1. The zero-order chi connectivity index (χ0) is 74.5. The van der Waals surface area contributed by atoms with Gasteiger partial charge >= 0.3 is 0 Å². The zero-order valence-electron chi connectivity index (χ0n) is 66.0. The van der Waals surface area contributed by atoms with Crippen LogP contribution in [-0.2, 0) is 42.3 Å². The van der Waals surface area contributed by atoms with Crippen molar-refractivity contribution < 1.29 is 31.5 Å². The first kappa shape index (κ1) is 70.6. The van der Waals surface area contributed by atoms with Crippen molar-refractivity contribution in [1.82, 2.24) is 29.9 Å². The lowest BCUT2D eigenvalue weighted by Crippen LogP contribution is -2.32. The van der Waals surface area contributed by atoms with Crippen LogP contribution in [0.25, 0.3) is 67.5 Å². The smallest absolute Gasteiger partial charge is 0.214 e. The van der Waals surface area contributed by atoms with Crippen LogP contribution in [0.1, 0.15) is 116 Å². The third-order valence-corrected chi connectivity index (χ3v) is 18.3. The van der Waals surface area contributed by atoms with Gasteiger partial charge in [0.25, 0.3) is 0 Å². The molecule has 12 heterocycles. The first-order chi connectivity index (χ1) is 47.6. The first-order valence-electron chi connectivity index (χ1n) is 35.0. The van der Waals surface area contributed by atoms with Gasteiger partial charge in [-0.2, -0.15) is 0 Å². The summed E-state index contributed by atoms with van der Waals surface area (Å²) >= 11 is 0. The van der Waals surface area contributed by atoms with E-state index in [1.54, 1.807) is 12.3 Å². The van der Waals surface area contributed by atoms with Crippen molar-refractivity contribution in [2.24, 2.45) is 42.3 Å². The third-order valence-electron chi connectivity index (χ3n) is 18.3. The Morgan fingerprint density at radius 2 is 0.643 bits per heavy atom. The highest BCUT2D eigenvalue weighted by Crippen LogP contribution is 2.28. The Balaban J connectivity index is 0.000000170. The molecule has 0 unspecified atom stereocenters. The van der Waals surface area contributed by atoms with Crippen LogP contribution in [-0.4, -0.2) is 29.9 Å². The molecule has 12 heteroatoms. The molecule has 0 atom stereocenters. The molecule has 0 spiro atoms. The summed E-state index contributed by atoms with van der Waals surface area (Å²) in [7, 11) is 12.4. The molecule has 12 aromatic rings. The fourth-order valence-corrected chi connectivity index (χ4v) is 12.2. The Bertz CT molecular complexity index is 4890. The van der Waals surface area contributed by atoms with Crippen molar-refractivity contribution in [2.75, 3.05) is 0 Å². The SMILES string of the molecule is Cc1cc(-c2c(C)ccnc2C)[n+](C)cc1C.Cc1cc(-c2cnccc2C)[n+](C)cc1C.Cc1cc(C)c(-c2cc(C)c(C)c[n+]2C)c(C)n1.Cc1cc(C)c(-c2cc(C)c(C)c[n+]2C)cn1.Cc1ccnc(C)c1-c1cccc[n+]1C.[2H]C([2H])([2H])c1cc(C)c(-c2cccc[n+]2C)cn1. The quantitative estimate of drug-likeness (QED) is 0.154. The van der Waals surface area contributed by atoms with Crippen LogP contribution in [0.4, 0.5) is 0 Å². The molecule has 0 bridgehead atoms. The summed E-state index contributed by atoms with van der Waals surface area (Å²) in [5.74, 6) is 0. The molecular weight excluding hydrogens is 1200 g/mol. The van der Waals surface area contributed by atoms with E-state index in [9.17, 15) is 0 Å². The summed E-state index contributed by atoms with van der Waals surface area (Å²) in [5.41, 5.74) is 37.6. The van der Waals surface area contributed by atoms with Crippen LogP contribution in [0, 0.1) is 138 Å². The summed E-state index contributed by atoms with van der Waals surface area (Å²) in [6.45, 7) is 37.9. The number of aromatic nitrogens is 12. The molecule has 12 aromatic heterocycles. The van der Waals surface area contributed by atoms with Crippen LogP contribution in [0.15, 0.2) is 171 Å². The Labute approximate surface area is 590 Å². The van der Waals surface area contributed by atoms with Gasteiger partial charge in [0.15, 0.2) is 37.2 Å². The lowest BCUT2D eigenvalue weighted by Gasteiger charge is -2.10. The molecule has 0 aliphatic heterocycles. The highest BCUT2D eigenvalue weighted by atomic mass is 15.0. The number of hydrogen-bond donors (Lipinski definition) is 0. The molecular formula is C86H106N12+6. The van der Waals surface area contributed by atoms with Crippen LogP contribution < -0.4 is 27.4 Å². The largest absolute Gasteiger partial charge is 0.264 e. The van der Waals surface area contributed by atoms with Crippen LogP contribution in [0.3, 0.4) is 0 Å². The molecule has 0 aromatic carbocycles. The molecule has 0 saturated carbocycles. The molecule has 98 heavy (non-hydrogen) atoms. The van der Waals surface area contributed by atoms with Gasteiger partial charge in [-0.25, -0.2) is 27.4 Å². The minimum absolute atomic E-state index is 0.141. The van der Waals surface area contributed by atoms with Crippen molar-refractivity contribution in [3.05, 3.63) is 283 Å². The Hall–Kier alpha value is -10.2. The van der Waals surface area contributed by atoms with E-state index in [2.05, 4.69) is 290 Å². The van der Waals surface area contributed by atoms with Gasteiger partial charge in [0, 0.05) is 129 Å². The molecule has 0 aliphatic rings. The van der Waals surface area contributed by atoms with E-state index in [1.807, 2.05) is 99.9 Å². The number of aryl methyl sites for hydroxylation is 26. The Kier molecular flexibility index (Phi) is 24.2. The lowest BCUT2D eigenvalue weighted by molar-refractivity contribution is -0.660. The monoisotopic (exact) mass is 1310 g/mol. The second-order valence-corrected chi connectivity index (χ2v) is 26.4. The van der Waals surface area contributed by atoms with E-state index < -0.39 is 6.85 Å². The van der Waals surface area contributed by atoms with Crippen molar-refractivity contribution in [1.29, 1.82) is 0 Å². The predicted octanol–water partition coefficient (Wildman–Crippen LogP) is 15.6. The number of rotatable bonds is 6. The van der Waals surface area contributed by atoms with Gasteiger partial charge in [0.05, 0.1) is 50.5 Å². The average Bonchev–Trinajstić information content (AvgIpc) is 0.810. The maximum atomic E-state index is 7.35. The molecule has 0 radical (unpaired) electrons. The van der Waals surface area contributed by atoms with Gasteiger partial charge in [0.2, 0.25) is 34.2 Å². The second-order valence-electron chi connectivity index (χ2n) is 26.4. The number of pyridine rings is 12. The van der Waals surface area contributed by atoms with E-state index in [4.69, 9.17) is 4.11 Å². The fourth-order valence-electron chi connectivity index (χ4n) is 12.2. The topological polar surface area (TPSA) is 101 Å². The van der Waals surface area contributed by atoms with Gasteiger partial charge in [-0.3, -0.25) is 29.9 Å². The molecule has 504 valence electrons. The molecule has 12 rings (SSSR count). The summed E-state index contributed by atoms with van der Waals surface area (Å²) in [6.07, 6.45) is 23.8. The van der Waals surface area contributed by atoms with Crippen molar-refractivity contribution >= 4 is 0 Å². The van der Waals surface area contributed by atoms with E-state index in [1.165, 1.54) is 129 Å². The standard InChI is InChI=1S/C16H21N2.2C15H19N2.C14H17N2.2C13H15N2/c1-10-8-15(18(6)9-12(10)3)16-11(2)7-13(4)17-14(16)5;1-10-7-15(17(5)9-12(10)3)14-8-16-13(4)6-11(14)2;1-10-6-7-16-13(4)15(10)14-8-11(2)12(3)9-17(14)5;1-10-5-6-15-8-13(10)14-7-11(2)12(3)9-16(14)4;1-10-7-8-14-11(2)13(10)12-6-4-5-9-15(12)3;1-10-8-11(2)14-9-12(10)13-6-4-5-7-15(13)3/h7-9H,1-6H3;2*6-9H,1-5H3;5-9H,1-4H3;2*4-9H,1-3H3/q6*+1/i;;;;;2D3. The maximum Gasteiger partial charge on any atom is 0.214 e. The van der Waals surface area contributed by atoms with Gasteiger partial charge in [-0.05, 0) is 243 Å². The number of hydrogen-bond acceptors (Lipinski definition) is 6. The van der Waals surface area contributed by atoms with Gasteiger partial charge in [-0.15, -0.1) is 0 Å². The molecule has 0 N–H and O–H groups in total. The second kappa shape index (κ2) is 33.7. The van der Waals surface area contributed by atoms with Crippen LogP contribution in [0.5, 0.6) is 0 Å². The highest BCUT2D eigenvalue weighted by Gasteiger charge is 2.21. The molecule has 12 nitrogen and oxygen atoms in total. The van der Waals surface area contributed by atoms with E-state index in [-0.39, 0.29) is 5.69 Å². The Morgan fingerprint density at radius 1 is 0.276 bits per heavy atom. The minimum Gasteiger partial charge on any atom is -0.264 e. The van der Waals surface area contributed by atoms with Crippen LogP contribution in [0.2, 0.25) is 0 Å². The van der Waals surface area contributed by atoms with Gasteiger partial charge in [0.1, 0.15) is 42.3 Å². The zero-order valence-corrected chi connectivity index (χ0v) is 63.0. The number of nitrogens with zero attached hydrogens (tertiary/aromatic N) is 12. The van der Waals surface area contributed by atoms with E-state index >= 15 is 0 Å². The van der Waals surface area contributed by atoms with Gasteiger partial charge < -0.3 is 0 Å². The van der Waals surface area contributed by atoms with E-state index in [0.29, 0.717) is 0 Å². The lowest BCUT2D eigenvalue weighted by atomic mass is 10.0. The average molecular weight is 1310 g/mol.